The average molecular weight is 250 g/mol. The molecule has 1 aromatic carbocycles. The van der Waals surface area contributed by atoms with Crippen LogP contribution in [0.4, 0.5) is 5.69 Å². The summed E-state index contributed by atoms with van der Waals surface area (Å²) in [6.07, 6.45) is 0.280. The number of nitrogens with one attached hydrogen (secondary N) is 1. The molecule has 1 heterocycles. The minimum absolute atomic E-state index is 0.178. The maximum Gasteiger partial charge on any atom is 0.241 e. The number of rotatable bonds is 4. The molecule has 0 aliphatic carbocycles. The van der Waals surface area contributed by atoms with Crippen molar-refractivity contribution in [2.45, 2.75) is 25.7 Å². The van der Waals surface area contributed by atoms with Crippen LogP contribution in [0.1, 0.15) is 25.2 Å². The molecule has 0 bridgehead atoms. The largest absolute Gasteiger partial charge is 0.346 e. The molecule has 0 aromatic heterocycles. The number of anilines is 1. The van der Waals surface area contributed by atoms with Gasteiger partial charge in [-0.15, -0.1) is 0 Å². The van der Waals surface area contributed by atoms with Crippen molar-refractivity contribution >= 4 is 11.6 Å². The van der Waals surface area contributed by atoms with Crippen molar-refractivity contribution in [2.24, 2.45) is 5.73 Å². The van der Waals surface area contributed by atoms with Crippen molar-refractivity contribution in [2.75, 3.05) is 18.5 Å². The van der Waals surface area contributed by atoms with Gasteiger partial charge in [-0.2, -0.15) is 0 Å². The van der Waals surface area contributed by atoms with Gasteiger partial charge in [-0.3, -0.25) is 4.79 Å². The maximum absolute atomic E-state index is 11.7. The van der Waals surface area contributed by atoms with Gasteiger partial charge in [0.05, 0.1) is 19.3 Å². The number of benzene rings is 1. The fourth-order valence-corrected chi connectivity index (χ4v) is 1.73. The lowest BCUT2D eigenvalue weighted by Crippen LogP contribution is -2.34. The molecule has 3 N–H and O–H groups in total. The Morgan fingerprint density at radius 1 is 1.50 bits per heavy atom. The number of carbonyl (C=O) groups excluding carboxylic acids is 1. The molecule has 1 aliphatic rings. The van der Waals surface area contributed by atoms with Crippen molar-refractivity contribution in [3.05, 3.63) is 29.8 Å². The fourth-order valence-electron chi connectivity index (χ4n) is 1.73. The molecule has 1 saturated heterocycles. The number of nitrogens with two attached hydrogens (primary N) is 1. The molecule has 98 valence electrons. The summed E-state index contributed by atoms with van der Waals surface area (Å²) < 4.78 is 10.8. The summed E-state index contributed by atoms with van der Waals surface area (Å²) >= 11 is 0. The highest BCUT2D eigenvalue weighted by molar-refractivity contribution is 5.94. The lowest BCUT2D eigenvalue weighted by atomic mass is 10.1. The standard InChI is InChI=1S/C13H18N2O3/c1-2-11(14)12(16)15-10-5-3-4-9(8-10)13-17-6-7-18-13/h3-5,8,11,13H,2,6-7,14H2,1H3,(H,15,16)/t11-/m0/s1. The van der Waals surface area contributed by atoms with Gasteiger partial charge in [0.2, 0.25) is 5.91 Å². The number of amides is 1. The molecule has 1 aliphatic heterocycles. The third-order valence-electron chi connectivity index (χ3n) is 2.82. The number of hydrogen-bond donors (Lipinski definition) is 2. The van der Waals surface area contributed by atoms with Crippen molar-refractivity contribution in [3.8, 4) is 0 Å². The van der Waals surface area contributed by atoms with Gasteiger partial charge in [-0.1, -0.05) is 19.1 Å². The third-order valence-corrected chi connectivity index (χ3v) is 2.82. The van der Waals surface area contributed by atoms with Gasteiger partial charge in [0, 0.05) is 11.3 Å². The lowest BCUT2D eigenvalue weighted by Gasteiger charge is -2.13. The van der Waals surface area contributed by atoms with Crippen LogP contribution < -0.4 is 11.1 Å². The number of ether oxygens (including phenoxy) is 2. The van der Waals surface area contributed by atoms with E-state index >= 15 is 0 Å². The van der Waals surface area contributed by atoms with Gasteiger partial charge in [-0.25, -0.2) is 0 Å². The number of hydrogen-bond acceptors (Lipinski definition) is 4. The Balaban J connectivity index is 2.05. The van der Waals surface area contributed by atoms with Gasteiger partial charge in [0.1, 0.15) is 0 Å². The molecular weight excluding hydrogens is 232 g/mol. The molecule has 1 amide bonds. The molecule has 18 heavy (non-hydrogen) atoms. The van der Waals surface area contributed by atoms with Gasteiger partial charge in [0.25, 0.3) is 0 Å². The first-order valence-corrected chi connectivity index (χ1v) is 6.10. The van der Waals surface area contributed by atoms with E-state index in [2.05, 4.69) is 5.32 Å². The average Bonchev–Trinajstić information content (AvgIpc) is 2.92. The minimum atomic E-state index is -0.479. The molecule has 1 aromatic rings. The fraction of sp³-hybridized carbons (Fsp3) is 0.462. The Kier molecular flexibility index (Phi) is 4.30. The summed E-state index contributed by atoms with van der Waals surface area (Å²) in [7, 11) is 0. The van der Waals surface area contributed by atoms with E-state index in [0.717, 1.165) is 5.56 Å². The Hall–Kier alpha value is -1.43. The number of carbonyl (C=O) groups is 1. The zero-order chi connectivity index (χ0) is 13.0. The molecule has 0 unspecified atom stereocenters. The van der Waals surface area contributed by atoms with Crippen LogP contribution in [0.3, 0.4) is 0 Å². The van der Waals surface area contributed by atoms with Gasteiger partial charge in [0.15, 0.2) is 6.29 Å². The maximum atomic E-state index is 11.7. The van der Waals surface area contributed by atoms with Crippen molar-refractivity contribution in [1.29, 1.82) is 0 Å². The predicted octanol–water partition coefficient (Wildman–Crippen LogP) is 1.41. The second-order valence-corrected chi connectivity index (χ2v) is 4.20. The third kappa shape index (κ3) is 3.07. The van der Waals surface area contributed by atoms with Crippen LogP contribution in [0.15, 0.2) is 24.3 Å². The molecule has 2 rings (SSSR count). The first-order valence-electron chi connectivity index (χ1n) is 6.10. The van der Waals surface area contributed by atoms with E-state index in [9.17, 15) is 4.79 Å². The molecule has 5 heteroatoms. The highest BCUT2D eigenvalue weighted by Gasteiger charge is 2.19. The Morgan fingerprint density at radius 3 is 2.89 bits per heavy atom. The smallest absolute Gasteiger partial charge is 0.241 e. The van der Waals surface area contributed by atoms with Crippen molar-refractivity contribution < 1.29 is 14.3 Å². The van der Waals surface area contributed by atoms with Crippen LogP contribution in [-0.2, 0) is 14.3 Å². The topological polar surface area (TPSA) is 73.6 Å². The second-order valence-electron chi connectivity index (χ2n) is 4.20. The van der Waals surface area contributed by atoms with Gasteiger partial charge >= 0.3 is 0 Å². The van der Waals surface area contributed by atoms with E-state index < -0.39 is 6.04 Å². The summed E-state index contributed by atoms with van der Waals surface area (Å²) in [4.78, 5) is 11.7. The molecule has 0 spiro atoms. The summed E-state index contributed by atoms with van der Waals surface area (Å²) in [5.74, 6) is -0.178. The highest BCUT2D eigenvalue weighted by atomic mass is 16.7. The van der Waals surface area contributed by atoms with Crippen LogP contribution in [0.2, 0.25) is 0 Å². The normalized spacial score (nSPS) is 17.7. The van der Waals surface area contributed by atoms with E-state index in [1.54, 1.807) is 0 Å². The molecular formula is C13H18N2O3. The van der Waals surface area contributed by atoms with E-state index in [-0.39, 0.29) is 12.2 Å². The second kappa shape index (κ2) is 5.95. The van der Waals surface area contributed by atoms with Crippen molar-refractivity contribution in [1.82, 2.24) is 0 Å². The van der Waals surface area contributed by atoms with E-state index in [0.29, 0.717) is 25.3 Å². The summed E-state index contributed by atoms with van der Waals surface area (Å²) in [6, 6.07) is 6.95. The SMILES string of the molecule is CC[C@H](N)C(=O)Nc1cccc(C2OCCO2)c1. The van der Waals surface area contributed by atoms with Crippen LogP contribution in [-0.4, -0.2) is 25.2 Å². The molecule has 0 radical (unpaired) electrons. The molecule has 1 fully saturated rings. The van der Waals surface area contributed by atoms with Crippen LogP contribution in [0.25, 0.3) is 0 Å². The quantitative estimate of drug-likeness (QED) is 0.847. The first kappa shape index (κ1) is 13.0. The Morgan fingerprint density at radius 2 is 2.22 bits per heavy atom. The zero-order valence-electron chi connectivity index (χ0n) is 10.4. The molecule has 0 saturated carbocycles. The highest BCUT2D eigenvalue weighted by Crippen LogP contribution is 2.25. The minimum Gasteiger partial charge on any atom is -0.346 e. The van der Waals surface area contributed by atoms with E-state index in [4.69, 9.17) is 15.2 Å². The Labute approximate surface area is 106 Å². The van der Waals surface area contributed by atoms with Crippen LogP contribution in [0.5, 0.6) is 0 Å². The van der Waals surface area contributed by atoms with Gasteiger partial charge in [-0.05, 0) is 18.6 Å². The van der Waals surface area contributed by atoms with E-state index in [1.807, 2.05) is 31.2 Å². The summed E-state index contributed by atoms with van der Waals surface area (Å²) in [6.45, 7) is 3.07. The first-order chi connectivity index (χ1) is 8.70. The molecule has 1 atom stereocenters. The lowest BCUT2D eigenvalue weighted by molar-refractivity contribution is -0.117. The monoisotopic (exact) mass is 250 g/mol. The van der Waals surface area contributed by atoms with Crippen molar-refractivity contribution in [3.63, 3.8) is 0 Å². The van der Waals surface area contributed by atoms with Crippen LogP contribution >= 0.6 is 0 Å². The Bertz CT molecular complexity index is 416. The summed E-state index contributed by atoms with van der Waals surface area (Å²) in [5.41, 5.74) is 7.27. The van der Waals surface area contributed by atoms with Crippen LogP contribution in [0, 0.1) is 0 Å². The molecule has 5 nitrogen and oxygen atoms in total. The van der Waals surface area contributed by atoms with E-state index in [1.165, 1.54) is 0 Å². The predicted molar refractivity (Wildman–Crippen MR) is 68.0 cm³/mol. The van der Waals surface area contributed by atoms with Gasteiger partial charge < -0.3 is 20.5 Å². The summed E-state index contributed by atoms with van der Waals surface area (Å²) in [5, 5.41) is 2.78. The zero-order valence-corrected chi connectivity index (χ0v) is 10.4.